The highest BCUT2D eigenvalue weighted by Crippen LogP contribution is 2.27. The van der Waals surface area contributed by atoms with Crippen molar-refractivity contribution in [3.05, 3.63) is 45.6 Å². The van der Waals surface area contributed by atoms with Crippen LogP contribution in [-0.4, -0.2) is 43.5 Å². The van der Waals surface area contributed by atoms with Crippen molar-refractivity contribution in [1.82, 2.24) is 10.2 Å². The molecule has 1 saturated heterocycles. The third kappa shape index (κ3) is 5.95. The van der Waals surface area contributed by atoms with Gasteiger partial charge in [0.25, 0.3) is 0 Å². The topological polar surface area (TPSA) is 70.7 Å². The van der Waals surface area contributed by atoms with Gasteiger partial charge in [-0.1, -0.05) is 24.4 Å². The smallest absolute Gasteiger partial charge is 0.313 e. The minimum Gasteiger partial charge on any atom is -0.495 e. The van der Waals surface area contributed by atoms with Crippen LogP contribution in [-0.2, 0) is 9.59 Å². The van der Waals surface area contributed by atoms with Crippen molar-refractivity contribution >= 4 is 40.4 Å². The van der Waals surface area contributed by atoms with Gasteiger partial charge in [-0.3, -0.25) is 14.5 Å². The number of halogens is 1. The van der Waals surface area contributed by atoms with Crippen molar-refractivity contribution in [2.24, 2.45) is 0 Å². The lowest BCUT2D eigenvalue weighted by Crippen LogP contribution is -2.42. The van der Waals surface area contributed by atoms with Crippen LogP contribution in [0, 0.1) is 0 Å². The highest BCUT2D eigenvalue weighted by Gasteiger charge is 2.24. The van der Waals surface area contributed by atoms with Crippen molar-refractivity contribution in [3.63, 3.8) is 0 Å². The van der Waals surface area contributed by atoms with Gasteiger partial charge >= 0.3 is 11.8 Å². The number of nitrogens with one attached hydrogen (secondary N) is 2. The number of ether oxygens (including phenoxy) is 1. The summed E-state index contributed by atoms with van der Waals surface area (Å²) in [4.78, 5) is 27.1. The first-order chi connectivity index (χ1) is 14.1. The molecule has 0 aliphatic carbocycles. The number of carbonyl (C=O) groups is 2. The molecule has 2 aromatic rings. The lowest BCUT2D eigenvalue weighted by molar-refractivity contribution is -0.136. The van der Waals surface area contributed by atoms with Crippen LogP contribution in [0.5, 0.6) is 5.75 Å². The van der Waals surface area contributed by atoms with Crippen LogP contribution in [0.2, 0.25) is 5.02 Å². The highest BCUT2D eigenvalue weighted by molar-refractivity contribution is 7.08. The highest BCUT2D eigenvalue weighted by atomic mass is 35.5. The van der Waals surface area contributed by atoms with Gasteiger partial charge in [0.2, 0.25) is 0 Å². The average Bonchev–Trinajstić information content (AvgIpc) is 3.11. The Morgan fingerprint density at radius 2 is 1.93 bits per heavy atom. The van der Waals surface area contributed by atoms with E-state index in [1.165, 1.54) is 25.5 Å². The molecule has 1 atom stereocenters. The SMILES string of the molecule is COc1ccc(NC(=O)C(=O)NCC(c2ccsc2)N2CCCCCC2)cc1Cl. The van der Waals surface area contributed by atoms with Gasteiger partial charge in [-0.2, -0.15) is 11.3 Å². The van der Waals surface area contributed by atoms with E-state index in [9.17, 15) is 9.59 Å². The Labute approximate surface area is 180 Å². The molecule has 1 fully saturated rings. The number of anilines is 1. The summed E-state index contributed by atoms with van der Waals surface area (Å²) in [6, 6.07) is 7.00. The Morgan fingerprint density at radius 3 is 2.55 bits per heavy atom. The van der Waals surface area contributed by atoms with E-state index in [2.05, 4.69) is 27.0 Å². The fraction of sp³-hybridized carbons (Fsp3) is 0.429. The summed E-state index contributed by atoms with van der Waals surface area (Å²) in [5.74, 6) is -0.872. The van der Waals surface area contributed by atoms with E-state index in [0.29, 0.717) is 23.0 Å². The molecule has 0 bridgehead atoms. The molecule has 0 spiro atoms. The Morgan fingerprint density at radius 1 is 1.17 bits per heavy atom. The zero-order chi connectivity index (χ0) is 20.6. The Hall–Kier alpha value is -2.09. The first kappa shape index (κ1) is 21.6. The second kappa shape index (κ2) is 10.6. The van der Waals surface area contributed by atoms with Gasteiger partial charge in [0.05, 0.1) is 18.2 Å². The van der Waals surface area contributed by atoms with E-state index >= 15 is 0 Å². The zero-order valence-corrected chi connectivity index (χ0v) is 18.0. The number of likely N-dealkylation sites (tertiary alicyclic amines) is 1. The third-order valence-electron chi connectivity index (χ3n) is 5.08. The van der Waals surface area contributed by atoms with Gasteiger partial charge in [-0.05, 0) is 66.5 Å². The number of methoxy groups -OCH3 is 1. The van der Waals surface area contributed by atoms with Gasteiger partial charge in [-0.25, -0.2) is 0 Å². The monoisotopic (exact) mass is 435 g/mol. The van der Waals surface area contributed by atoms with E-state index in [1.54, 1.807) is 29.5 Å². The second-order valence-electron chi connectivity index (χ2n) is 7.04. The van der Waals surface area contributed by atoms with Crippen LogP contribution in [0.25, 0.3) is 0 Å². The minimum absolute atomic E-state index is 0.0755. The van der Waals surface area contributed by atoms with Crippen LogP contribution in [0.4, 0.5) is 5.69 Å². The number of carbonyl (C=O) groups excluding carboxylic acids is 2. The summed E-state index contributed by atoms with van der Waals surface area (Å²) in [6.07, 6.45) is 4.80. The molecule has 2 N–H and O–H groups in total. The first-order valence-corrected chi connectivity index (χ1v) is 11.1. The number of hydrogen-bond donors (Lipinski definition) is 2. The van der Waals surface area contributed by atoms with Gasteiger partial charge in [0.1, 0.15) is 5.75 Å². The van der Waals surface area contributed by atoms with Gasteiger partial charge in [0.15, 0.2) is 0 Å². The number of rotatable bonds is 6. The Kier molecular flexibility index (Phi) is 7.91. The van der Waals surface area contributed by atoms with Crippen molar-refractivity contribution in [3.8, 4) is 5.75 Å². The van der Waals surface area contributed by atoms with Crippen LogP contribution in [0.3, 0.4) is 0 Å². The summed E-state index contributed by atoms with van der Waals surface area (Å²) >= 11 is 7.71. The first-order valence-electron chi connectivity index (χ1n) is 9.77. The normalized spacial score (nSPS) is 15.9. The number of amides is 2. The summed E-state index contributed by atoms with van der Waals surface area (Å²) < 4.78 is 5.09. The number of nitrogens with zero attached hydrogens (tertiary/aromatic N) is 1. The number of thiophene rings is 1. The molecule has 8 heteroatoms. The van der Waals surface area contributed by atoms with Gasteiger partial charge in [-0.15, -0.1) is 0 Å². The van der Waals surface area contributed by atoms with Crippen molar-refractivity contribution in [2.45, 2.75) is 31.7 Å². The summed E-state index contributed by atoms with van der Waals surface area (Å²) in [6.45, 7) is 2.41. The zero-order valence-electron chi connectivity index (χ0n) is 16.4. The van der Waals surface area contributed by atoms with Crippen LogP contribution < -0.4 is 15.4 Å². The maximum Gasteiger partial charge on any atom is 0.313 e. The molecular weight excluding hydrogens is 410 g/mol. The molecule has 29 heavy (non-hydrogen) atoms. The molecular formula is C21H26ClN3O3S. The number of benzene rings is 1. The predicted octanol–water partition coefficient (Wildman–Crippen LogP) is 4.08. The Bertz CT molecular complexity index is 821. The van der Waals surface area contributed by atoms with Crippen LogP contribution >= 0.6 is 22.9 Å². The average molecular weight is 436 g/mol. The van der Waals surface area contributed by atoms with Crippen LogP contribution in [0.15, 0.2) is 35.0 Å². The molecule has 3 rings (SSSR count). The van der Waals surface area contributed by atoms with Crippen molar-refractivity contribution in [2.75, 3.05) is 32.1 Å². The maximum atomic E-state index is 12.4. The van der Waals surface area contributed by atoms with Gasteiger partial charge < -0.3 is 15.4 Å². The van der Waals surface area contributed by atoms with E-state index in [0.717, 1.165) is 25.9 Å². The van der Waals surface area contributed by atoms with E-state index in [1.807, 2.05) is 5.38 Å². The summed E-state index contributed by atoms with van der Waals surface area (Å²) in [5, 5.41) is 9.90. The summed E-state index contributed by atoms with van der Waals surface area (Å²) in [5.41, 5.74) is 1.62. The minimum atomic E-state index is -0.717. The lowest BCUT2D eigenvalue weighted by Gasteiger charge is -2.30. The molecule has 2 heterocycles. The molecule has 1 aliphatic rings. The number of hydrogen-bond acceptors (Lipinski definition) is 5. The molecule has 1 unspecified atom stereocenters. The molecule has 6 nitrogen and oxygen atoms in total. The fourth-order valence-electron chi connectivity index (χ4n) is 3.53. The third-order valence-corrected chi connectivity index (χ3v) is 6.08. The molecule has 0 saturated carbocycles. The molecule has 1 aromatic carbocycles. The molecule has 156 valence electrons. The molecule has 1 aliphatic heterocycles. The van der Waals surface area contributed by atoms with Crippen LogP contribution in [0.1, 0.15) is 37.3 Å². The lowest BCUT2D eigenvalue weighted by atomic mass is 10.1. The molecule has 0 radical (unpaired) electrons. The second-order valence-corrected chi connectivity index (χ2v) is 8.22. The molecule has 2 amide bonds. The maximum absolute atomic E-state index is 12.4. The Balaban J connectivity index is 1.60. The standard InChI is InChI=1S/C21H26ClN3O3S/c1-28-19-7-6-16(12-17(19)22)24-21(27)20(26)23-13-18(15-8-11-29-14-15)25-9-4-2-3-5-10-25/h6-8,11-12,14,18H,2-5,9-10,13H2,1H3,(H,23,26)(H,24,27). The van der Waals surface area contributed by atoms with Gasteiger partial charge in [0, 0.05) is 12.2 Å². The molecule has 1 aromatic heterocycles. The van der Waals surface area contributed by atoms with E-state index < -0.39 is 11.8 Å². The fourth-order valence-corrected chi connectivity index (χ4v) is 4.50. The van der Waals surface area contributed by atoms with Crippen molar-refractivity contribution < 1.29 is 14.3 Å². The summed E-state index contributed by atoms with van der Waals surface area (Å²) in [7, 11) is 1.52. The predicted molar refractivity (Wildman–Crippen MR) is 117 cm³/mol. The van der Waals surface area contributed by atoms with E-state index in [-0.39, 0.29) is 6.04 Å². The van der Waals surface area contributed by atoms with E-state index in [4.69, 9.17) is 16.3 Å². The quantitative estimate of drug-likeness (QED) is 0.670. The largest absolute Gasteiger partial charge is 0.495 e. The van der Waals surface area contributed by atoms with Crippen molar-refractivity contribution in [1.29, 1.82) is 0 Å².